The molecule has 1 N–H and O–H groups in total. The summed E-state index contributed by atoms with van der Waals surface area (Å²) in [6, 6.07) is 10.3. The summed E-state index contributed by atoms with van der Waals surface area (Å²) in [5.74, 6) is 0.0408. The van der Waals surface area contributed by atoms with Crippen LogP contribution in [-0.4, -0.2) is 12.5 Å². The van der Waals surface area contributed by atoms with Crippen molar-refractivity contribution in [2.45, 2.75) is 6.92 Å². The van der Waals surface area contributed by atoms with Crippen molar-refractivity contribution in [3.05, 3.63) is 60.5 Å². The van der Waals surface area contributed by atoms with E-state index in [-0.39, 0.29) is 21.3 Å². The Morgan fingerprint density at radius 2 is 1.85 bits per heavy atom. The summed E-state index contributed by atoms with van der Waals surface area (Å²) < 4.78 is 6.92. The highest BCUT2D eigenvalue weighted by molar-refractivity contribution is 9.11. The van der Waals surface area contributed by atoms with Gasteiger partial charge in [0.2, 0.25) is 0 Å². The number of amides is 1. The van der Waals surface area contributed by atoms with Gasteiger partial charge in [-0.25, -0.2) is 0 Å². The Balaban J connectivity index is 2.33. The van der Waals surface area contributed by atoms with Crippen LogP contribution in [0.4, 0.5) is 5.69 Å². The zero-order valence-electron chi connectivity index (χ0n) is 13.4. The first-order valence-corrected chi connectivity index (χ1v) is 9.70. The monoisotopic (exact) mass is 516 g/mol. The Bertz CT molecular complexity index is 881. The molecular weight excluding hydrogens is 507 g/mol. The number of carbonyl (C=O) groups excluding carboxylic acids is 1. The molecular formula is C18H12Br2Cl2N2O2. The van der Waals surface area contributed by atoms with Gasteiger partial charge in [0.1, 0.15) is 17.4 Å². The molecule has 2 aromatic carbocycles. The number of benzene rings is 2. The number of hydrogen-bond acceptors (Lipinski definition) is 3. The van der Waals surface area contributed by atoms with E-state index in [0.717, 1.165) is 0 Å². The van der Waals surface area contributed by atoms with E-state index in [2.05, 4.69) is 37.2 Å². The molecule has 0 aromatic heterocycles. The summed E-state index contributed by atoms with van der Waals surface area (Å²) in [4.78, 5) is 12.4. The molecule has 0 aliphatic rings. The maximum absolute atomic E-state index is 12.4. The van der Waals surface area contributed by atoms with Gasteiger partial charge in [-0.05, 0) is 74.7 Å². The summed E-state index contributed by atoms with van der Waals surface area (Å²) in [5, 5.41) is 12.5. The maximum Gasteiger partial charge on any atom is 0.266 e. The fourth-order valence-corrected chi connectivity index (χ4v) is 4.00. The summed E-state index contributed by atoms with van der Waals surface area (Å²) in [7, 11) is 0. The molecule has 0 fully saturated rings. The second-order valence-corrected chi connectivity index (χ2v) is 7.49. The minimum absolute atomic E-state index is 0.0936. The van der Waals surface area contributed by atoms with Gasteiger partial charge < -0.3 is 10.1 Å². The van der Waals surface area contributed by atoms with Crippen molar-refractivity contribution >= 4 is 72.7 Å². The fourth-order valence-electron chi connectivity index (χ4n) is 2.06. The molecule has 2 aromatic rings. The number of ether oxygens (including phenoxy) is 1. The molecule has 0 saturated heterocycles. The highest BCUT2D eigenvalue weighted by Crippen LogP contribution is 2.35. The van der Waals surface area contributed by atoms with Crippen LogP contribution >= 0.6 is 55.1 Å². The van der Waals surface area contributed by atoms with Gasteiger partial charge in [-0.15, -0.1) is 0 Å². The van der Waals surface area contributed by atoms with Gasteiger partial charge in [0.15, 0.2) is 0 Å². The van der Waals surface area contributed by atoms with Crippen LogP contribution in [0.5, 0.6) is 5.75 Å². The quantitative estimate of drug-likeness (QED) is 0.365. The number of nitriles is 1. The first-order valence-electron chi connectivity index (χ1n) is 7.36. The normalized spacial score (nSPS) is 11.0. The molecule has 0 saturated carbocycles. The van der Waals surface area contributed by atoms with Crippen molar-refractivity contribution in [1.29, 1.82) is 5.26 Å². The predicted molar refractivity (Wildman–Crippen MR) is 112 cm³/mol. The van der Waals surface area contributed by atoms with Crippen LogP contribution in [0.15, 0.2) is 44.9 Å². The minimum atomic E-state index is -0.608. The molecule has 0 atom stereocenters. The summed E-state index contributed by atoms with van der Waals surface area (Å²) in [5.41, 5.74) is 0.809. The number of para-hydroxylation sites is 1. The molecule has 0 aliphatic carbocycles. The van der Waals surface area contributed by atoms with Crippen LogP contribution in [0.2, 0.25) is 10.0 Å². The fraction of sp³-hybridized carbons (Fsp3) is 0.111. The van der Waals surface area contributed by atoms with Gasteiger partial charge in [-0.1, -0.05) is 29.3 Å². The first-order chi connectivity index (χ1) is 12.4. The lowest BCUT2D eigenvalue weighted by Gasteiger charge is -2.10. The lowest BCUT2D eigenvalue weighted by atomic mass is 10.1. The molecule has 26 heavy (non-hydrogen) atoms. The number of halogens is 4. The van der Waals surface area contributed by atoms with E-state index in [9.17, 15) is 10.1 Å². The lowest BCUT2D eigenvalue weighted by molar-refractivity contribution is -0.112. The van der Waals surface area contributed by atoms with Gasteiger partial charge in [-0.3, -0.25) is 4.79 Å². The molecule has 8 heteroatoms. The third-order valence-electron chi connectivity index (χ3n) is 3.19. The van der Waals surface area contributed by atoms with E-state index in [1.165, 1.54) is 6.08 Å². The standard InChI is InChI=1S/C18H12Br2Cl2N2O2/c1-2-26-17-12(19)7-10(8-13(17)20)6-11(9-23)18(25)24-16-14(21)4-3-5-15(16)22/h3-8H,2H2,1H3,(H,24,25)/b11-6+. The lowest BCUT2D eigenvalue weighted by Crippen LogP contribution is -2.14. The summed E-state index contributed by atoms with van der Waals surface area (Å²) in [6.07, 6.45) is 1.46. The van der Waals surface area contributed by atoms with Crippen molar-refractivity contribution in [1.82, 2.24) is 0 Å². The average molecular weight is 519 g/mol. The van der Waals surface area contributed by atoms with Crippen LogP contribution in [0.1, 0.15) is 12.5 Å². The number of nitrogens with zero attached hydrogens (tertiary/aromatic N) is 1. The van der Waals surface area contributed by atoms with Crippen LogP contribution in [0, 0.1) is 11.3 Å². The van der Waals surface area contributed by atoms with Gasteiger partial charge in [0.05, 0.1) is 31.3 Å². The van der Waals surface area contributed by atoms with E-state index < -0.39 is 5.91 Å². The zero-order chi connectivity index (χ0) is 19.3. The van der Waals surface area contributed by atoms with E-state index in [1.54, 1.807) is 30.3 Å². The van der Waals surface area contributed by atoms with Gasteiger partial charge in [-0.2, -0.15) is 5.26 Å². The Morgan fingerprint density at radius 1 is 1.27 bits per heavy atom. The number of carbonyl (C=O) groups is 1. The van der Waals surface area contributed by atoms with Gasteiger partial charge in [0, 0.05) is 0 Å². The van der Waals surface area contributed by atoms with E-state index >= 15 is 0 Å². The highest BCUT2D eigenvalue weighted by atomic mass is 79.9. The van der Waals surface area contributed by atoms with Crippen LogP contribution in [-0.2, 0) is 4.79 Å². The van der Waals surface area contributed by atoms with Crippen LogP contribution in [0.25, 0.3) is 6.08 Å². The smallest absolute Gasteiger partial charge is 0.266 e. The molecule has 0 aliphatic heterocycles. The van der Waals surface area contributed by atoms with Gasteiger partial charge in [0.25, 0.3) is 5.91 Å². The topological polar surface area (TPSA) is 62.1 Å². The predicted octanol–water partition coefficient (Wildman–Crippen LogP) is 6.46. The first kappa shape index (κ1) is 20.8. The molecule has 0 heterocycles. The molecule has 0 radical (unpaired) electrons. The minimum Gasteiger partial charge on any atom is -0.492 e. The second-order valence-electron chi connectivity index (χ2n) is 4.97. The number of nitrogens with one attached hydrogen (secondary N) is 1. The van der Waals surface area contributed by atoms with Crippen molar-refractivity contribution in [3.63, 3.8) is 0 Å². The van der Waals surface area contributed by atoms with Gasteiger partial charge >= 0.3 is 0 Å². The van der Waals surface area contributed by atoms with Crippen LogP contribution in [0.3, 0.4) is 0 Å². The Hall–Kier alpha value is -1.52. The number of hydrogen-bond donors (Lipinski definition) is 1. The van der Waals surface area contributed by atoms with Crippen molar-refractivity contribution < 1.29 is 9.53 Å². The maximum atomic E-state index is 12.4. The third-order valence-corrected chi connectivity index (χ3v) is 4.99. The van der Waals surface area contributed by atoms with E-state index in [0.29, 0.717) is 26.9 Å². The molecule has 1 amide bonds. The Morgan fingerprint density at radius 3 is 2.35 bits per heavy atom. The second kappa shape index (κ2) is 9.43. The molecule has 0 unspecified atom stereocenters. The SMILES string of the molecule is CCOc1c(Br)cc(/C=C(\C#N)C(=O)Nc2c(Cl)cccc2Cl)cc1Br. The van der Waals surface area contributed by atoms with Crippen molar-refractivity contribution in [2.24, 2.45) is 0 Å². The summed E-state index contributed by atoms with van der Waals surface area (Å²) >= 11 is 18.9. The zero-order valence-corrected chi connectivity index (χ0v) is 18.1. The van der Waals surface area contributed by atoms with Crippen molar-refractivity contribution in [2.75, 3.05) is 11.9 Å². The molecule has 0 spiro atoms. The number of anilines is 1. The molecule has 0 bridgehead atoms. The average Bonchev–Trinajstić information content (AvgIpc) is 2.59. The Labute approximate surface area is 178 Å². The summed E-state index contributed by atoms with van der Waals surface area (Å²) in [6.45, 7) is 2.39. The Kier molecular flexibility index (Phi) is 7.54. The van der Waals surface area contributed by atoms with E-state index in [4.69, 9.17) is 27.9 Å². The van der Waals surface area contributed by atoms with Crippen molar-refractivity contribution in [3.8, 4) is 11.8 Å². The molecule has 4 nitrogen and oxygen atoms in total. The van der Waals surface area contributed by atoms with E-state index in [1.807, 2.05) is 13.0 Å². The third kappa shape index (κ3) is 5.01. The number of rotatable bonds is 5. The molecule has 2 rings (SSSR count). The molecule has 134 valence electrons. The highest BCUT2D eigenvalue weighted by Gasteiger charge is 2.15. The largest absolute Gasteiger partial charge is 0.492 e. The van der Waals surface area contributed by atoms with Crippen LogP contribution < -0.4 is 10.1 Å².